The Morgan fingerprint density at radius 1 is 0.971 bits per heavy atom. The largest absolute Gasteiger partial charge is 0.455 e. The SMILES string of the molecule is Cc1ccc(C)c(-n2nnnc2SCC(=O)OCC(=O)NC(c2ccccc2)c2ccccc2)c1. The summed E-state index contributed by atoms with van der Waals surface area (Å²) >= 11 is 1.15. The number of carbonyl (C=O) groups is 2. The summed E-state index contributed by atoms with van der Waals surface area (Å²) in [7, 11) is 0. The third-order valence-corrected chi connectivity index (χ3v) is 6.18. The van der Waals surface area contributed by atoms with Gasteiger partial charge in [0.05, 0.1) is 17.5 Å². The normalized spacial score (nSPS) is 10.8. The molecule has 1 heterocycles. The van der Waals surface area contributed by atoms with Gasteiger partial charge in [-0.25, -0.2) is 0 Å². The van der Waals surface area contributed by atoms with Crippen molar-refractivity contribution >= 4 is 23.6 Å². The molecule has 1 aromatic heterocycles. The first-order valence-corrected chi connectivity index (χ1v) is 12.0. The summed E-state index contributed by atoms with van der Waals surface area (Å²) in [5.74, 6) is -0.947. The van der Waals surface area contributed by atoms with E-state index in [1.54, 1.807) is 4.68 Å². The van der Waals surface area contributed by atoms with Gasteiger partial charge in [-0.3, -0.25) is 9.59 Å². The third-order valence-electron chi connectivity index (χ3n) is 5.29. The van der Waals surface area contributed by atoms with Gasteiger partial charge in [-0.15, -0.1) is 5.10 Å². The fourth-order valence-electron chi connectivity index (χ4n) is 3.53. The molecule has 0 aliphatic heterocycles. The third kappa shape index (κ3) is 6.33. The molecule has 4 rings (SSSR count). The van der Waals surface area contributed by atoms with Gasteiger partial charge >= 0.3 is 5.97 Å². The number of aromatic nitrogens is 4. The van der Waals surface area contributed by atoms with Crippen LogP contribution in [0.5, 0.6) is 0 Å². The second-order valence-electron chi connectivity index (χ2n) is 7.93. The first-order valence-electron chi connectivity index (χ1n) is 11.0. The predicted molar refractivity (Wildman–Crippen MR) is 133 cm³/mol. The highest BCUT2D eigenvalue weighted by Gasteiger charge is 2.18. The van der Waals surface area contributed by atoms with Crippen molar-refractivity contribution in [3.8, 4) is 5.69 Å². The number of carbonyl (C=O) groups excluding carboxylic acids is 2. The van der Waals surface area contributed by atoms with Crippen molar-refractivity contribution in [1.29, 1.82) is 0 Å². The van der Waals surface area contributed by atoms with Gasteiger partial charge in [0, 0.05) is 0 Å². The van der Waals surface area contributed by atoms with Crippen LogP contribution in [0.2, 0.25) is 0 Å². The Labute approximate surface area is 207 Å². The van der Waals surface area contributed by atoms with Crippen molar-refractivity contribution in [3.05, 3.63) is 101 Å². The van der Waals surface area contributed by atoms with Crippen LogP contribution in [-0.4, -0.2) is 44.4 Å². The molecule has 9 heteroatoms. The Balaban J connectivity index is 1.33. The van der Waals surface area contributed by atoms with E-state index in [4.69, 9.17) is 4.74 Å². The van der Waals surface area contributed by atoms with Gasteiger partial charge in [0.1, 0.15) is 0 Å². The summed E-state index contributed by atoms with van der Waals surface area (Å²) in [5, 5.41) is 15.2. The smallest absolute Gasteiger partial charge is 0.316 e. The topological polar surface area (TPSA) is 99.0 Å². The molecule has 1 amide bonds. The number of hydrogen-bond donors (Lipinski definition) is 1. The number of nitrogens with one attached hydrogen (secondary N) is 1. The highest BCUT2D eigenvalue weighted by molar-refractivity contribution is 7.99. The van der Waals surface area contributed by atoms with Crippen LogP contribution in [-0.2, 0) is 14.3 Å². The van der Waals surface area contributed by atoms with Gasteiger partial charge in [0.25, 0.3) is 5.91 Å². The number of rotatable bonds is 9. The van der Waals surface area contributed by atoms with E-state index in [9.17, 15) is 9.59 Å². The predicted octanol–water partition coefficient (Wildman–Crippen LogP) is 3.82. The van der Waals surface area contributed by atoms with Crippen molar-refractivity contribution in [2.75, 3.05) is 12.4 Å². The molecule has 0 bridgehead atoms. The fraction of sp³-hybridized carbons (Fsp3) is 0.192. The lowest BCUT2D eigenvalue weighted by atomic mass is 9.99. The molecule has 0 aliphatic carbocycles. The molecule has 0 spiro atoms. The molecule has 0 aliphatic rings. The molecule has 1 N–H and O–H groups in total. The van der Waals surface area contributed by atoms with E-state index < -0.39 is 5.97 Å². The molecule has 4 aromatic rings. The minimum absolute atomic E-state index is 0.0285. The summed E-state index contributed by atoms with van der Waals surface area (Å²) in [4.78, 5) is 25.0. The number of esters is 1. The van der Waals surface area contributed by atoms with Crippen LogP contribution in [0, 0.1) is 13.8 Å². The first-order chi connectivity index (χ1) is 17.0. The highest BCUT2D eigenvalue weighted by Crippen LogP contribution is 2.23. The number of thioether (sulfide) groups is 1. The Morgan fingerprint density at radius 2 is 1.63 bits per heavy atom. The molecule has 35 heavy (non-hydrogen) atoms. The molecular weight excluding hydrogens is 462 g/mol. The van der Waals surface area contributed by atoms with Crippen LogP contribution in [0.15, 0.2) is 84.0 Å². The zero-order valence-corrected chi connectivity index (χ0v) is 20.2. The standard InChI is InChI=1S/C26H25N5O3S/c1-18-13-14-19(2)22(15-18)31-26(28-29-30-31)35-17-24(33)34-16-23(32)27-25(20-9-5-3-6-10-20)21-11-7-4-8-12-21/h3-15,25H,16-17H2,1-2H3,(H,27,32). The number of benzene rings is 3. The van der Waals surface area contributed by atoms with Crippen molar-refractivity contribution < 1.29 is 14.3 Å². The molecular formula is C26H25N5O3S. The minimum Gasteiger partial charge on any atom is -0.455 e. The maximum atomic E-state index is 12.6. The van der Waals surface area contributed by atoms with E-state index in [1.165, 1.54) is 0 Å². The van der Waals surface area contributed by atoms with Crippen molar-refractivity contribution in [2.45, 2.75) is 25.0 Å². The lowest BCUT2D eigenvalue weighted by Crippen LogP contribution is -2.33. The lowest BCUT2D eigenvalue weighted by Gasteiger charge is -2.19. The fourth-order valence-corrected chi connectivity index (χ4v) is 4.21. The van der Waals surface area contributed by atoms with Crippen molar-refractivity contribution in [2.24, 2.45) is 0 Å². The van der Waals surface area contributed by atoms with Crippen molar-refractivity contribution in [3.63, 3.8) is 0 Å². The van der Waals surface area contributed by atoms with Gasteiger partial charge in [0.2, 0.25) is 5.16 Å². The van der Waals surface area contributed by atoms with E-state index in [0.29, 0.717) is 5.16 Å². The summed E-state index contributed by atoms with van der Waals surface area (Å²) in [6.45, 7) is 3.58. The monoisotopic (exact) mass is 487 g/mol. The quantitative estimate of drug-likeness (QED) is 0.283. The Morgan fingerprint density at radius 3 is 2.29 bits per heavy atom. The molecule has 0 saturated carbocycles. The molecule has 0 saturated heterocycles. The zero-order chi connectivity index (χ0) is 24.6. The summed E-state index contributed by atoms with van der Waals surface area (Å²) in [6.07, 6.45) is 0. The number of aryl methyl sites for hydroxylation is 2. The lowest BCUT2D eigenvalue weighted by molar-refractivity contribution is -0.146. The van der Waals surface area contributed by atoms with Crippen molar-refractivity contribution in [1.82, 2.24) is 25.5 Å². The summed E-state index contributed by atoms with van der Waals surface area (Å²) in [5.41, 5.74) is 4.81. The number of hydrogen-bond acceptors (Lipinski definition) is 7. The van der Waals surface area contributed by atoms with Crippen LogP contribution in [0.1, 0.15) is 28.3 Å². The summed E-state index contributed by atoms with van der Waals surface area (Å²) < 4.78 is 6.81. The number of tetrazole rings is 1. The van der Waals surface area contributed by atoms with Gasteiger partial charge < -0.3 is 10.1 Å². The van der Waals surface area contributed by atoms with Gasteiger partial charge in [0.15, 0.2) is 6.61 Å². The maximum absolute atomic E-state index is 12.6. The Hall–Kier alpha value is -3.98. The van der Waals surface area contributed by atoms with Crippen LogP contribution in [0.3, 0.4) is 0 Å². The first kappa shape index (κ1) is 24.2. The Kier molecular flexibility index (Phi) is 7.89. The number of ether oxygens (including phenoxy) is 1. The molecule has 0 radical (unpaired) electrons. The van der Waals surface area contributed by atoms with Gasteiger partial charge in [-0.05, 0) is 52.6 Å². The Bertz CT molecular complexity index is 1260. The average Bonchev–Trinajstić information content (AvgIpc) is 3.35. The second-order valence-corrected chi connectivity index (χ2v) is 8.88. The highest BCUT2D eigenvalue weighted by atomic mass is 32.2. The van der Waals surface area contributed by atoms with Crippen LogP contribution < -0.4 is 5.32 Å². The van der Waals surface area contributed by atoms with E-state index in [0.717, 1.165) is 39.7 Å². The number of amides is 1. The molecule has 178 valence electrons. The van der Waals surface area contributed by atoms with Gasteiger partial charge in [-0.1, -0.05) is 84.6 Å². The second kappa shape index (κ2) is 11.4. The maximum Gasteiger partial charge on any atom is 0.316 e. The average molecular weight is 488 g/mol. The van der Waals surface area contributed by atoms with Gasteiger partial charge in [-0.2, -0.15) is 4.68 Å². The molecule has 8 nitrogen and oxygen atoms in total. The van der Waals surface area contributed by atoms with E-state index in [2.05, 4.69) is 20.8 Å². The van der Waals surface area contributed by atoms with E-state index in [-0.39, 0.29) is 24.3 Å². The zero-order valence-electron chi connectivity index (χ0n) is 19.4. The summed E-state index contributed by atoms with van der Waals surface area (Å²) in [6, 6.07) is 24.9. The molecule has 0 atom stereocenters. The minimum atomic E-state index is -0.531. The van der Waals surface area contributed by atoms with E-state index >= 15 is 0 Å². The molecule has 0 unspecified atom stereocenters. The van der Waals surface area contributed by atoms with Crippen LogP contribution >= 0.6 is 11.8 Å². The van der Waals surface area contributed by atoms with E-state index in [1.807, 2.05) is 92.7 Å². The number of nitrogens with zero attached hydrogens (tertiary/aromatic N) is 4. The van der Waals surface area contributed by atoms with Crippen LogP contribution in [0.25, 0.3) is 5.69 Å². The van der Waals surface area contributed by atoms with Crippen LogP contribution in [0.4, 0.5) is 0 Å². The molecule has 3 aromatic carbocycles. The molecule has 0 fully saturated rings.